The maximum Gasteiger partial charge on any atom is 0.102 e. The fourth-order valence-electron chi connectivity index (χ4n) is 1.21. The number of aliphatic carboxylic acids is 1. The smallest absolute Gasteiger partial charge is 0.102 e. The van der Waals surface area contributed by atoms with E-state index < -0.39 is 5.97 Å². The molecule has 0 saturated heterocycles. The minimum atomic E-state index is -0.964. The van der Waals surface area contributed by atoms with Gasteiger partial charge in [-0.05, 0) is 32.3 Å². The van der Waals surface area contributed by atoms with Gasteiger partial charge in [0, 0.05) is 19.2 Å². The van der Waals surface area contributed by atoms with E-state index in [1.54, 1.807) is 0 Å². The molecule has 0 aliphatic heterocycles. The van der Waals surface area contributed by atoms with E-state index in [2.05, 4.69) is 14.1 Å². The molecular formula is C14H31NO4S. The van der Waals surface area contributed by atoms with E-state index in [0.29, 0.717) is 5.75 Å². The van der Waals surface area contributed by atoms with Crippen LogP contribution in [0.5, 0.6) is 0 Å². The van der Waals surface area contributed by atoms with Gasteiger partial charge in [0.25, 0.3) is 0 Å². The summed E-state index contributed by atoms with van der Waals surface area (Å²) in [4.78, 5) is 9.63. The first-order valence-corrected chi connectivity index (χ1v) is 8.45. The molecule has 0 aliphatic carbocycles. The van der Waals surface area contributed by atoms with E-state index in [1.807, 2.05) is 20.1 Å². The van der Waals surface area contributed by atoms with Crippen LogP contribution in [0.1, 0.15) is 20.3 Å². The Labute approximate surface area is 128 Å². The lowest BCUT2D eigenvalue weighted by Crippen LogP contribution is -2.44. The highest BCUT2D eigenvalue weighted by Gasteiger charge is 2.13. The topological polar surface area (TPSA) is 58.6 Å². The molecule has 0 saturated carbocycles. The summed E-state index contributed by atoms with van der Waals surface area (Å²) in [5.74, 6) is -0.308. The summed E-state index contributed by atoms with van der Waals surface area (Å²) in [6.07, 6.45) is 2.03. The summed E-state index contributed by atoms with van der Waals surface area (Å²) in [6.45, 7) is 9.48. The van der Waals surface area contributed by atoms with Crippen LogP contribution in [-0.2, 0) is 14.3 Å². The van der Waals surface area contributed by atoms with Crippen molar-refractivity contribution in [3.05, 3.63) is 0 Å². The molecule has 20 heavy (non-hydrogen) atoms. The van der Waals surface area contributed by atoms with Gasteiger partial charge in [0.1, 0.15) is 13.1 Å². The van der Waals surface area contributed by atoms with Crippen LogP contribution in [-0.4, -0.2) is 76.1 Å². The molecule has 0 heterocycles. The maximum absolute atomic E-state index is 9.63. The molecule has 0 aromatic carbocycles. The van der Waals surface area contributed by atoms with Gasteiger partial charge in [0.2, 0.25) is 0 Å². The molecule has 0 atom stereocenters. The number of rotatable bonds is 11. The number of quaternary nitrogens is 1. The number of thioether (sulfide) groups is 1. The van der Waals surface area contributed by atoms with Gasteiger partial charge < -0.3 is 23.9 Å². The quantitative estimate of drug-likeness (QED) is 0.414. The Hall–Kier alpha value is -0.300. The standard InChI is InChI=1S/C10H24NO2.C4H8O2S/c1-5-12-9-7-11(3,4)8-10-13-6-2;1-7-3-2-4(5)6/h5-10H2,1-4H3;2-3H2,1H3,(H,5,6)/q+1;/p-1. The molecule has 0 N–H and O–H groups in total. The molecule has 0 rings (SSSR count). The van der Waals surface area contributed by atoms with Crippen LogP contribution in [0.25, 0.3) is 0 Å². The lowest BCUT2D eigenvalue weighted by atomic mass is 10.4. The van der Waals surface area contributed by atoms with Crippen molar-refractivity contribution < 1.29 is 23.9 Å². The van der Waals surface area contributed by atoms with Gasteiger partial charge in [-0.15, -0.1) is 0 Å². The zero-order chi connectivity index (χ0) is 15.9. The number of hydrogen-bond acceptors (Lipinski definition) is 5. The highest BCUT2D eigenvalue weighted by molar-refractivity contribution is 7.98. The summed E-state index contributed by atoms with van der Waals surface area (Å²) < 4.78 is 11.6. The van der Waals surface area contributed by atoms with Crippen molar-refractivity contribution in [1.82, 2.24) is 0 Å². The zero-order valence-electron chi connectivity index (χ0n) is 13.6. The number of carboxylic acids is 1. The van der Waals surface area contributed by atoms with Gasteiger partial charge in [-0.25, -0.2) is 0 Å². The average molecular weight is 309 g/mol. The molecule has 122 valence electrons. The third-order valence-electron chi connectivity index (χ3n) is 2.60. The molecular weight excluding hydrogens is 278 g/mol. The number of carbonyl (C=O) groups is 1. The lowest BCUT2D eigenvalue weighted by molar-refractivity contribution is -0.891. The summed E-state index contributed by atoms with van der Waals surface area (Å²) >= 11 is 1.51. The molecule has 0 aliphatic rings. The fourth-order valence-corrected chi connectivity index (χ4v) is 1.58. The van der Waals surface area contributed by atoms with E-state index in [9.17, 15) is 9.90 Å². The molecule has 5 nitrogen and oxygen atoms in total. The largest absolute Gasteiger partial charge is 0.550 e. The number of likely N-dealkylation sites (N-methyl/N-ethyl adjacent to an activating group) is 1. The van der Waals surface area contributed by atoms with E-state index in [0.717, 1.165) is 44.0 Å². The maximum atomic E-state index is 9.63. The van der Waals surface area contributed by atoms with Crippen molar-refractivity contribution in [2.45, 2.75) is 20.3 Å². The minimum absolute atomic E-state index is 0.168. The van der Waals surface area contributed by atoms with Crippen LogP contribution in [0.15, 0.2) is 0 Å². The Morgan fingerprint density at radius 2 is 1.55 bits per heavy atom. The summed E-state index contributed by atoms with van der Waals surface area (Å²) in [5.41, 5.74) is 0. The van der Waals surface area contributed by atoms with Crippen LogP contribution in [0, 0.1) is 0 Å². The first-order valence-electron chi connectivity index (χ1n) is 7.05. The van der Waals surface area contributed by atoms with Gasteiger partial charge >= 0.3 is 0 Å². The molecule has 0 aromatic rings. The van der Waals surface area contributed by atoms with Gasteiger partial charge in [-0.1, -0.05) is 0 Å². The lowest BCUT2D eigenvalue weighted by Gasteiger charge is -2.29. The van der Waals surface area contributed by atoms with Crippen molar-refractivity contribution in [3.63, 3.8) is 0 Å². The number of nitrogens with zero attached hydrogens (tertiary/aromatic N) is 1. The SMILES string of the molecule is CCOCC[N+](C)(C)CCOCC.CSCCC(=O)[O-]. The minimum Gasteiger partial charge on any atom is -0.550 e. The highest BCUT2D eigenvalue weighted by atomic mass is 32.2. The number of hydrogen-bond donors (Lipinski definition) is 0. The molecule has 0 bridgehead atoms. The van der Waals surface area contributed by atoms with Gasteiger partial charge in [-0.2, -0.15) is 11.8 Å². The fraction of sp³-hybridized carbons (Fsp3) is 0.929. The van der Waals surface area contributed by atoms with E-state index in [4.69, 9.17) is 9.47 Å². The third-order valence-corrected chi connectivity index (χ3v) is 3.21. The molecule has 0 amide bonds. The summed E-state index contributed by atoms with van der Waals surface area (Å²) in [5, 5.41) is 9.63. The predicted octanol–water partition coefficient (Wildman–Crippen LogP) is 0.625. The van der Waals surface area contributed by atoms with Gasteiger partial charge in [0.05, 0.1) is 27.3 Å². The van der Waals surface area contributed by atoms with E-state index in [-0.39, 0.29) is 6.42 Å². The third kappa shape index (κ3) is 20.0. The normalized spacial score (nSPS) is 10.8. The van der Waals surface area contributed by atoms with Crippen molar-refractivity contribution in [1.29, 1.82) is 0 Å². The number of carboxylic acid groups (broad SMARTS) is 1. The zero-order valence-corrected chi connectivity index (χ0v) is 14.5. The Kier molecular flexibility index (Phi) is 16.6. The highest BCUT2D eigenvalue weighted by Crippen LogP contribution is 1.96. The molecule has 0 aromatic heterocycles. The Bertz CT molecular complexity index is 213. The predicted molar refractivity (Wildman–Crippen MR) is 82.8 cm³/mol. The summed E-state index contributed by atoms with van der Waals surface area (Å²) in [7, 11) is 4.41. The Morgan fingerprint density at radius 1 is 1.10 bits per heavy atom. The molecule has 6 heteroatoms. The summed E-state index contributed by atoms with van der Waals surface area (Å²) in [6, 6.07) is 0. The first kappa shape index (κ1) is 22.0. The monoisotopic (exact) mass is 309 g/mol. The van der Waals surface area contributed by atoms with Crippen molar-refractivity contribution in [2.75, 3.05) is 65.6 Å². The van der Waals surface area contributed by atoms with Crippen LogP contribution >= 0.6 is 11.8 Å². The molecule has 0 unspecified atom stereocenters. The van der Waals surface area contributed by atoms with Crippen LogP contribution in [0.2, 0.25) is 0 Å². The van der Waals surface area contributed by atoms with Crippen LogP contribution in [0.4, 0.5) is 0 Å². The van der Waals surface area contributed by atoms with Crippen molar-refractivity contribution >= 4 is 17.7 Å². The molecule has 0 fully saturated rings. The number of ether oxygens (including phenoxy) is 2. The second-order valence-corrected chi connectivity index (χ2v) is 5.88. The Balaban J connectivity index is 0. The van der Waals surface area contributed by atoms with Gasteiger partial charge in [0.15, 0.2) is 0 Å². The molecule has 0 radical (unpaired) electrons. The number of carbonyl (C=O) groups excluding carboxylic acids is 1. The molecule has 0 spiro atoms. The van der Waals surface area contributed by atoms with Crippen LogP contribution in [0.3, 0.4) is 0 Å². The first-order chi connectivity index (χ1) is 9.39. The second kappa shape index (κ2) is 15.1. The van der Waals surface area contributed by atoms with Gasteiger partial charge in [-0.3, -0.25) is 0 Å². The van der Waals surface area contributed by atoms with E-state index >= 15 is 0 Å². The van der Waals surface area contributed by atoms with Crippen molar-refractivity contribution in [3.8, 4) is 0 Å². The van der Waals surface area contributed by atoms with Crippen molar-refractivity contribution in [2.24, 2.45) is 0 Å². The Morgan fingerprint density at radius 3 is 1.80 bits per heavy atom. The van der Waals surface area contributed by atoms with Crippen LogP contribution < -0.4 is 5.11 Å². The second-order valence-electron chi connectivity index (χ2n) is 4.89. The van der Waals surface area contributed by atoms with E-state index in [1.165, 1.54) is 11.8 Å². The average Bonchev–Trinajstić information content (AvgIpc) is 2.37.